The molecule has 5 N–H and O–H groups in total. The van der Waals surface area contributed by atoms with Crippen LogP contribution in [-0.4, -0.2) is 51.7 Å². The molecule has 290 valence electrons. The first kappa shape index (κ1) is 45.8. The van der Waals surface area contributed by atoms with Crippen LogP contribution in [0.1, 0.15) is 199 Å². The zero-order valence-electron chi connectivity index (χ0n) is 32.5. The summed E-state index contributed by atoms with van der Waals surface area (Å²) in [4.78, 5) is 32.8. The van der Waals surface area contributed by atoms with Gasteiger partial charge in [-0.2, -0.15) is 0 Å². The number of allylic oxidation sites excluding steroid dienone is 1. The van der Waals surface area contributed by atoms with Crippen LogP contribution in [0.2, 0.25) is 0 Å². The third-order valence-corrected chi connectivity index (χ3v) is 9.77. The van der Waals surface area contributed by atoms with E-state index in [9.17, 15) is 14.7 Å². The number of esters is 1. The van der Waals surface area contributed by atoms with Gasteiger partial charge in [0.15, 0.2) is 0 Å². The molecule has 3 atom stereocenters. The lowest BCUT2D eigenvalue weighted by Gasteiger charge is -2.20. The molecular formula is C42H78N4O4. The average molecular weight is 703 g/mol. The molecule has 8 heteroatoms. The quantitative estimate of drug-likeness (QED) is 0.0313. The normalized spacial score (nSPS) is 13.4. The molecule has 1 aromatic heterocycles. The van der Waals surface area contributed by atoms with Crippen molar-refractivity contribution in [1.82, 2.24) is 15.3 Å². The van der Waals surface area contributed by atoms with Crippen LogP contribution < -0.4 is 11.1 Å². The molecule has 0 fully saturated rings. The van der Waals surface area contributed by atoms with E-state index < -0.39 is 24.2 Å². The van der Waals surface area contributed by atoms with Crippen LogP contribution in [0.4, 0.5) is 0 Å². The molecule has 0 radical (unpaired) electrons. The third kappa shape index (κ3) is 27.5. The number of imidazole rings is 1. The summed E-state index contributed by atoms with van der Waals surface area (Å²) in [6, 6.07) is -1.59. The molecule has 1 amide bonds. The molecule has 0 aliphatic carbocycles. The van der Waals surface area contributed by atoms with Gasteiger partial charge < -0.3 is 25.9 Å². The van der Waals surface area contributed by atoms with E-state index in [1.54, 1.807) is 18.6 Å². The number of nitrogens with two attached hydrogens (primary N) is 1. The third-order valence-electron chi connectivity index (χ3n) is 9.77. The van der Waals surface area contributed by atoms with E-state index in [-0.39, 0.29) is 18.9 Å². The number of carbonyl (C=O) groups is 2. The minimum absolute atomic E-state index is 0.128. The molecule has 0 saturated heterocycles. The highest BCUT2D eigenvalue weighted by Crippen LogP contribution is 2.15. The lowest BCUT2D eigenvalue weighted by molar-refractivity contribution is -0.148. The number of carbonyl (C=O) groups excluding carboxylic acids is 2. The topological polar surface area (TPSA) is 130 Å². The number of hydrogen-bond acceptors (Lipinski definition) is 6. The fourth-order valence-corrected chi connectivity index (χ4v) is 6.42. The first-order chi connectivity index (χ1) is 24.5. The van der Waals surface area contributed by atoms with Gasteiger partial charge in [0, 0.05) is 24.7 Å². The van der Waals surface area contributed by atoms with Crippen LogP contribution in [0.3, 0.4) is 0 Å². The Bertz CT molecular complexity index is 923. The van der Waals surface area contributed by atoms with Crippen molar-refractivity contribution in [3.05, 3.63) is 30.4 Å². The fraction of sp³-hybridized carbons (Fsp3) is 0.833. The van der Waals surface area contributed by atoms with Crippen molar-refractivity contribution in [2.45, 2.75) is 218 Å². The Labute approximate surface area is 307 Å². The van der Waals surface area contributed by atoms with E-state index in [1.165, 1.54) is 141 Å². The fourth-order valence-electron chi connectivity index (χ4n) is 6.42. The Kier molecular flexibility index (Phi) is 31.1. The number of ether oxygens (including phenoxy) is 1. The summed E-state index contributed by atoms with van der Waals surface area (Å²) in [6.45, 7) is 4.40. The monoisotopic (exact) mass is 703 g/mol. The Morgan fingerprint density at radius 3 is 1.68 bits per heavy atom. The minimum atomic E-state index is -0.902. The van der Waals surface area contributed by atoms with Gasteiger partial charge in [-0.25, -0.2) is 9.78 Å². The smallest absolute Gasteiger partial charge is 0.329 e. The first-order valence-electron chi connectivity index (χ1n) is 21.0. The van der Waals surface area contributed by atoms with Crippen LogP contribution in [-0.2, 0) is 20.7 Å². The first-order valence-corrected chi connectivity index (χ1v) is 21.0. The molecule has 1 rings (SSSR count). The Morgan fingerprint density at radius 2 is 1.22 bits per heavy atom. The van der Waals surface area contributed by atoms with E-state index in [2.05, 4.69) is 29.1 Å². The predicted octanol–water partition coefficient (Wildman–Crippen LogP) is 10.2. The van der Waals surface area contributed by atoms with E-state index >= 15 is 0 Å². The SMILES string of the molecule is CCCCCCCCCCCCC/C=C/C(O)C(N)COC(=O)C(Cc1cnc[nH]1)NC(=O)CCCCCCCCCCCCCCCCC. The number of amides is 1. The number of hydrogen-bond donors (Lipinski definition) is 4. The molecule has 1 aromatic rings. The van der Waals surface area contributed by atoms with Crippen molar-refractivity contribution >= 4 is 11.9 Å². The summed E-state index contributed by atoms with van der Waals surface area (Å²) in [6.07, 6.45) is 40.9. The number of H-pyrrole nitrogens is 1. The number of aromatic amines is 1. The van der Waals surface area contributed by atoms with E-state index in [4.69, 9.17) is 10.5 Å². The maximum Gasteiger partial charge on any atom is 0.329 e. The van der Waals surface area contributed by atoms with E-state index in [1.807, 2.05) is 6.08 Å². The van der Waals surface area contributed by atoms with Crippen molar-refractivity contribution in [2.24, 2.45) is 5.73 Å². The number of nitrogens with one attached hydrogen (secondary N) is 2. The van der Waals surface area contributed by atoms with Crippen molar-refractivity contribution in [2.75, 3.05) is 6.61 Å². The predicted molar refractivity (Wildman–Crippen MR) is 209 cm³/mol. The van der Waals surface area contributed by atoms with Crippen LogP contribution in [0.5, 0.6) is 0 Å². The molecule has 0 aromatic carbocycles. The number of unbranched alkanes of at least 4 members (excludes halogenated alkanes) is 25. The van der Waals surface area contributed by atoms with Gasteiger partial charge >= 0.3 is 5.97 Å². The van der Waals surface area contributed by atoms with Gasteiger partial charge in [0.2, 0.25) is 5.91 Å². The Morgan fingerprint density at radius 1 is 0.760 bits per heavy atom. The van der Waals surface area contributed by atoms with Crippen molar-refractivity contribution in [1.29, 1.82) is 0 Å². The zero-order valence-corrected chi connectivity index (χ0v) is 32.5. The second-order valence-electron chi connectivity index (χ2n) is 14.6. The molecule has 0 spiro atoms. The van der Waals surface area contributed by atoms with Crippen molar-refractivity contribution in [3.8, 4) is 0 Å². The highest BCUT2D eigenvalue weighted by molar-refractivity contribution is 5.84. The highest BCUT2D eigenvalue weighted by atomic mass is 16.5. The van der Waals surface area contributed by atoms with E-state index in [0.717, 1.165) is 37.8 Å². The standard InChI is InChI=1S/C42H78N4O4/c1-3-5-7-9-11-13-15-17-18-20-22-24-26-28-30-32-41(48)46-39(33-37-34-44-36-45-37)42(49)50-35-38(43)40(47)31-29-27-25-23-21-19-16-14-12-10-8-6-4-2/h29,31,34,36,38-40,47H,3-28,30,32-33,35,43H2,1-2H3,(H,44,45)(H,46,48)/b31-29+. The number of aromatic nitrogens is 2. The number of aliphatic hydroxyl groups excluding tert-OH is 1. The lowest BCUT2D eigenvalue weighted by Crippen LogP contribution is -2.45. The summed E-state index contributed by atoms with van der Waals surface area (Å²) in [5.74, 6) is -0.715. The molecular weight excluding hydrogens is 624 g/mol. The van der Waals surface area contributed by atoms with E-state index in [0.29, 0.717) is 6.42 Å². The second kappa shape index (κ2) is 33.9. The second-order valence-corrected chi connectivity index (χ2v) is 14.6. The van der Waals surface area contributed by atoms with Gasteiger partial charge in [-0.3, -0.25) is 4.79 Å². The summed E-state index contributed by atoms with van der Waals surface area (Å²) in [5.41, 5.74) is 6.87. The number of nitrogens with zero attached hydrogens (tertiary/aromatic N) is 1. The van der Waals surface area contributed by atoms with Crippen molar-refractivity contribution in [3.63, 3.8) is 0 Å². The zero-order chi connectivity index (χ0) is 36.3. The molecule has 0 saturated carbocycles. The van der Waals surface area contributed by atoms with Crippen molar-refractivity contribution < 1.29 is 19.4 Å². The molecule has 8 nitrogen and oxygen atoms in total. The number of aliphatic hydroxyl groups is 1. The van der Waals surface area contributed by atoms with Crippen LogP contribution >= 0.6 is 0 Å². The van der Waals surface area contributed by atoms with Crippen LogP contribution in [0.25, 0.3) is 0 Å². The lowest BCUT2D eigenvalue weighted by atomic mass is 10.0. The van der Waals surface area contributed by atoms with Gasteiger partial charge in [-0.15, -0.1) is 0 Å². The van der Waals surface area contributed by atoms with Gasteiger partial charge in [0.25, 0.3) is 0 Å². The maximum atomic E-state index is 13.0. The Hall–Kier alpha value is -2.19. The summed E-state index contributed by atoms with van der Waals surface area (Å²) < 4.78 is 5.48. The molecule has 3 unspecified atom stereocenters. The maximum absolute atomic E-state index is 13.0. The van der Waals surface area contributed by atoms with Gasteiger partial charge in [0.1, 0.15) is 12.6 Å². The van der Waals surface area contributed by atoms with Gasteiger partial charge in [0.05, 0.1) is 18.5 Å². The summed E-state index contributed by atoms with van der Waals surface area (Å²) in [7, 11) is 0. The van der Waals surface area contributed by atoms with Crippen LogP contribution in [0.15, 0.2) is 24.7 Å². The van der Waals surface area contributed by atoms with Gasteiger partial charge in [-0.1, -0.05) is 180 Å². The molecule has 50 heavy (non-hydrogen) atoms. The molecule has 0 aliphatic rings. The Balaban J connectivity index is 2.20. The summed E-state index contributed by atoms with van der Waals surface area (Å²) in [5, 5.41) is 13.3. The van der Waals surface area contributed by atoms with Gasteiger partial charge in [-0.05, 0) is 19.3 Å². The molecule has 0 aliphatic heterocycles. The molecule has 0 bridgehead atoms. The highest BCUT2D eigenvalue weighted by Gasteiger charge is 2.25. The van der Waals surface area contributed by atoms with Crippen LogP contribution in [0, 0.1) is 0 Å². The average Bonchev–Trinajstić information content (AvgIpc) is 3.63. The number of rotatable bonds is 36. The largest absolute Gasteiger partial charge is 0.462 e. The molecule has 1 heterocycles. The minimum Gasteiger partial charge on any atom is -0.462 e. The summed E-state index contributed by atoms with van der Waals surface area (Å²) >= 11 is 0.